The normalized spacial score (nSPS) is 18.3. The number of carbonyl (C=O) groups excluding carboxylic acids is 2. The summed E-state index contributed by atoms with van der Waals surface area (Å²) in [5.74, 6) is -0.194. The highest BCUT2D eigenvalue weighted by Crippen LogP contribution is 2.18. The van der Waals surface area contributed by atoms with Crippen LogP contribution in [0.15, 0.2) is 0 Å². The molecule has 1 aliphatic heterocycles. The standard InChI is InChI=1S/C5H5NO2S2/c1-3(7)6-4(8)2-10-5(6)9/h2H2,1H3. The van der Waals surface area contributed by atoms with Crippen molar-refractivity contribution in [3.8, 4) is 0 Å². The SMILES string of the molecule is CC(=O)N1C(=O)CSC1=S. The van der Waals surface area contributed by atoms with Crippen LogP contribution in [-0.4, -0.2) is 26.8 Å². The van der Waals surface area contributed by atoms with Crippen molar-refractivity contribution in [3.63, 3.8) is 0 Å². The predicted octanol–water partition coefficient (Wildman–Crippen LogP) is 0.393. The zero-order chi connectivity index (χ0) is 7.72. The first-order valence-corrected chi connectivity index (χ1v) is 4.02. The molecule has 1 rings (SSSR count). The van der Waals surface area contributed by atoms with Gasteiger partial charge >= 0.3 is 0 Å². The number of thiocarbonyl (C=S) groups is 1. The molecule has 1 saturated heterocycles. The minimum absolute atomic E-state index is 0.206. The summed E-state index contributed by atoms with van der Waals surface area (Å²) in [4.78, 5) is 22.5. The third kappa shape index (κ3) is 1.19. The molecule has 2 amide bonds. The van der Waals surface area contributed by atoms with Gasteiger partial charge in [-0.3, -0.25) is 9.59 Å². The molecule has 0 bridgehead atoms. The number of hydrogen-bond acceptors (Lipinski definition) is 4. The molecule has 0 unspecified atom stereocenters. The van der Waals surface area contributed by atoms with Gasteiger partial charge in [0.25, 0.3) is 0 Å². The minimum atomic E-state index is -0.292. The maximum absolute atomic E-state index is 10.8. The summed E-state index contributed by atoms with van der Waals surface area (Å²) in [5, 5.41) is 0. The molecule has 1 fully saturated rings. The summed E-state index contributed by atoms with van der Waals surface area (Å²) in [6.07, 6.45) is 0. The lowest BCUT2D eigenvalue weighted by molar-refractivity contribution is -0.136. The highest BCUT2D eigenvalue weighted by Gasteiger charge is 2.29. The van der Waals surface area contributed by atoms with Gasteiger partial charge in [0.15, 0.2) is 0 Å². The monoisotopic (exact) mass is 175 g/mol. The number of hydrogen-bond donors (Lipinski definition) is 0. The van der Waals surface area contributed by atoms with Crippen molar-refractivity contribution in [3.05, 3.63) is 0 Å². The third-order valence-corrected chi connectivity index (χ3v) is 2.42. The Morgan fingerprint density at radius 2 is 2.40 bits per heavy atom. The van der Waals surface area contributed by atoms with Gasteiger partial charge in [-0.05, 0) is 0 Å². The maximum Gasteiger partial charge on any atom is 0.245 e. The highest BCUT2D eigenvalue weighted by molar-refractivity contribution is 8.24. The van der Waals surface area contributed by atoms with Crippen LogP contribution in [0.4, 0.5) is 0 Å². The van der Waals surface area contributed by atoms with Crippen LogP contribution in [0, 0.1) is 0 Å². The topological polar surface area (TPSA) is 37.4 Å². The van der Waals surface area contributed by atoms with E-state index in [1.54, 1.807) is 0 Å². The Balaban J connectivity index is 2.82. The molecule has 0 atom stereocenters. The zero-order valence-corrected chi connectivity index (χ0v) is 6.92. The molecular weight excluding hydrogens is 170 g/mol. The lowest BCUT2D eigenvalue weighted by Gasteiger charge is -2.07. The van der Waals surface area contributed by atoms with E-state index in [1.807, 2.05) is 0 Å². The average Bonchev–Trinajstić information content (AvgIpc) is 2.11. The lowest BCUT2D eigenvalue weighted by Crippen LogP contribution is -2.32. The molecule has 1 heterocycles. The minimum Gasteiger partial charge on any atom is -0.274 e. The van der Waals surface area contributed by atoms with Crippen LogP contribution < -0.4 is 0 Å². The van der Waals surface area contributed by atoms with Crippen LogP contribution >= 0.6 is 24.0 Å². The summed E-state index contributed by atoms with van der Waals surface area (Å²) in [7, 11) is 0. The van der Waals surface area contributed by atoms with E-state index in [0.29, 0.717) is 10.1 Å². The van der Waals surface area contributed by atoms with Crippen molar-refractivity contribution in [1.82, 2.24) is 4.90 Å². The fourth-order valence-electron chi connectivity index (χ4n) is 0.659. The van der Waals surface area contributed by atoms with Gasteiger partial charge in [0.05, 0.1) is 5.75 Å². The molecule has 10 heavy (non-hydrogen) atoms. The van der Waals surface area contributed by atoms with Crippen molar-refractivity contribution >= 4 is 40.1 Å². The predicted molar refractivity (Wildman–Crippen MR) is 42.6 cm³/mol. The number of thioether (sulfide) groups is 1. The van der Waals surface area contributed by atoms with Gasteiger partial charge in [-0.2, -0.15) is 0 Å². The van der Waals surface area contributed by atoms with Gasteiger partial charge in [0, 0.05) is 6.92 Å². The quantitative estimate of drug-likeness (QED) is 0.499. The van der Waals surface area contributed by atoms with E-state index in [0.717, 1.165) is 4.90 Å². The van der Waals surface area contributed by atoms with Crippen LogP contribution in [-0.2, 0) is 9.59 Å². The maximum atomic E-state index is 10.8. The van der Waals surface area contributed by atoms with E-state index >= 15 is 0 Å². The fraction of sp³-hybridized carbons (Fsp3) is 0.400. The smallest absolute Gasteiger partial charge is 0.245 e. The van der Waals surface area contributed by atoms with Crippen LogP contribution in [0.3, 0.4) is 0 Å². The van der Waals surface area contributed by atoms with Crippen LogP contribution in [0.5, 0.6) is 0 Å². The third-order valence-electron chi connectivity index (χ3n) is 1.07. The molecule has 0 aromatic heterocycles. The summed E-state index contributed by atoms with van der Waals surface area (Å²) in [6, 6.07) is 0. The molecule has 0 radical (unpaired) electrons. The molecule has 1 aliphatic rings. The van der Waals surface area contributed by atoms with E-state index < -0.39 is 0 Å². The summed E-state index contributed by atoms with van der Waals surface area (Å²) in [6.45, 7) is 1.33. The Kier molecular flexibility index (Phi) is 2.05. The molecule has 3 nitrogen and oxygen atoms in total. The molecule has 0 spiro atoms. The molecule has 0 aliphatic carbocycles. The van der Waals surface area contributed by atoms with Gasteiger partial charge in [-0.15, -0.1) is 0 Å². The van der Waals surface area contributed by atoms with Crippen molar-refractivity contribution in [2.24, 2.45) is 0 Å². The second-order valence-electron chi connectivity index (χ2n) is 1.80. The number of imide groups is 1. The largest absolute Gasteiger partial charge is 0.274 e. The first-order chi connectivity index (χ1) is 4.63. The van der Waals surface area contributed by atoms with E-state index in [4.69, 9.17) is 12.2 Å². The second kappa shape index (κ2) is 2.67. The van der Waals surface area contributed by atoms with Gasteiger partial charge < -0.3 is 0 Å². The van der Waals surface area contributed by atoms with Crippen molar-refractivity contribution in [2.45, 2.75) is 6.92 Å². The first-order valence-electron chi connectivity index (χ1n) is 2.63. The highest BCUT2D eigenvalue weighted by atomic mass is 32.2. The Morgan fingerprint density at radius 1 is 1.80 bits per heavy atom. The van der Waals surface area contributed by atoms with E-state index in [1.165, 1.54) is 18.7 Å². The summed E-state index contributed by atoms with van der Waals surface area (Å²) in [5.41, 5.74) is 0. The number of amides is 2. The van der Waals surface area contributed by atoms with E-state index in [9.17, 15) is 9.59 Å². The van der Waals surface area contributed by atoms with E-state index in [-0.39, 0.29) is 11.8 Å². The molecule has 0 saturated carbocycles. The lowest BCUT2D eigenvalue weighted by atomic mass is 10.5. The average molecular weight is 175 g/mol. The van der Waals surface area contributed by atoms with Crippen LogP contribution in [0.1, 0.15) is 6.92 Å². The Hall–Kier alpha value is -0.420. The fourth-order valence-corrected chi connectivity index (χ4v) is 1.80. The summed E-state index contributed by atoms with van der Waals surface area (Å²) < 4.78 is 0.373. The van der Waals surface area contributed by atoms with Gasteiger partial charge in [-0.1, -0.05) is 24.0 Å². The van der Waals surface area contributed by atoms with Gasteiger partial charge in [-0.25, -0.2) is 4.90 Å². The van der Waals surface area contributed by atoms with Crippen molar-refractivity contribution in [2.75, 3.05) is 5.75 Å². The zero-order valence-electron chi connectivity index (χ0n) is 5.29. The first kappa shape index (κ1) is 7.68. The van der Waals surface area contributed by atoms with Gasteiger partial charge in [0.2, 0.25) is 11.8 Å². The molecule has 0 aromatic rings. The Morgan fingerprint density at radius 3 is 2.60 bits per heavy atom. The molecule has 0 aromatic carbocycles. The molecule has 0 N–H and O–H groups in total. The van der Waals surface area contributed by atoms with Crippen molar-refractivity contribution < 1.29 is 9.59 Å². The number of nitrogens with zero attached hydrogens (tertiary/aromatic N) is 1. The Labute approximate surface area is 67.8 Å². The second-order valence-corrected chi connectivity index (χ2v) is 3.41. The summed E-state index contributed by atoms with van der Waals surface area (Å²) >= 11 is 5.97. The number of rotatable bonds is 0. The molecule has 5 heteroatoms. The molecule has 54 valence electrons. The number of carbonyl (C=O) groups is 2. The van der Waals surface area contributed by atoms with Crippen LogP contribution in [0.2, 0.25) is 0 Å². The molecular formula is C5H5NO2S2. The van der Waals surface area contributed by atoms with E-state index in [2.05, 4.69) is 0 Å². The van der Waals surface area contributed by atoms with Gasteiger partial charge in [0.1, 0.15) is 4.32 Å². The van der Waals surface area contributed by atoms with Crippen molar-refractivity contribution in [1.29, 1.82) is 0 Å². The van der Waals surface area contributed by atoms with Crippen LogP contribution in [0.25, 0.3) is 0 Å². The Bertz CT molecular complexity index is 198.